The van der Waals surface area contributed by atoms with Crippen LogP contribution in [0, 0.1) is 0 Å². The summed E-state index contributed by atoms with van der Waals surface area (Å²) in [7, 11) is 1.63. The molecule has 0 radical (unpaired) electrons. The summed E-state index contributed by atoms with van der Waals surface area (Å²) in [6.07, 6.45) is 2.88. The predicted molar refractivity (Wildman–Crippen MR) is 84.0 cm³/mol. The molecule has 4 nitrogen and oxygen atoms in total. The first kappa shape index (κ1) is 15.3. The number of methoxy groups -OCH3 is 1. The summed E-state index contributed by atoms with van der Waals surface area (Å²) in [6.45, 7) is 5.28. The molecule has 1 unspecified atom stereocenters. The highest BCUT2D eigenvalue weighted by Crippen LogP contribution is 2.30. The number of hydrogen-bond donors (Lipinski definition) is 1. The number of ether oxygens (including phenoxy) is 2. The van der Waals surface area contributed by atoms with Gasteiger partial charge < -0.3 is 14.8 Å². The van der Waals surface area contributed by atoms with Gasteiger partial charge in [-0.2, -0.15) is 0 Å². The van der Waals surface area contributed by atoms with Crippen molar-refractivity contribution in [1.29, 1.82) is 0 Å². The minimum atomic E-state index is 0.271. The number of nitrogens with one attached hydrogen (secondary N) is 1. The Kier molecular flexibility index (Phi) is 5.58. The van der Waals surface area contributed by atoms with E-state index in [1.54, 1.807) is 13.3 Å². The number of aromatic nitrogens is 1. The van der Waals surface area contributed by atoms with Crippen molar-refractivity contribution in [2.24, 2.45) is 0 Å². The van der Waals surface area contributed by atoms with Crippen LogP contribution in [0.1, 0.15) is 31.9 Å². The molecule has 1 aromatic heterocycles. The van der Waals surface area contributed by atoms with Crippen molar-refractivity contribution >= 4 is 0 Å². The van der Waals surface area contributed by atoms with Gasteiger partial charge in [0.2, 0.25) is 5.88 Å². The fourth-order valence-electron chi connectivity index (χ4n) is 2.04. The van der Waals surface area contributed by atoms with Gasteiger partial charge in [-0.3, -0.25) is 0 Å². The van der Waals surface area contributed by atoms with Crippen LogP contribution in [0.4, 0.5) is 0 Å². The molecule has 0 bridgehead atoms. The topological polar surface area (TPSA) is 43.4 Å². The van der Waals surface area contributed by atoms with Crippen molar-refractivity contribution in [3.63, 3.8) is 0 Å². The normalized spacial score (nSPS) is 12.0. The maximum atomic E-state index is 5.83. The van der Waals surface area contributed by atoms with Gasteiger partial charge in [0.25, 0.3) is 0 Å². The molecule has 4 heteroatoms. The van der Waals surface area contributed by atoms with E-state index in [0.29, 0.717) is 17.4 Å². The third-order valence-electron chi connectivity index (χ3n) is 3.24. The molecule has 21 heavy (non-hydrogen) atoms. The zero-order chi connectivity index (χ0) is 15.1. The van der Waals surface area contributed by atoms with Crippen LogP contribution in [0.25, 0.3) is 0 Å². The van der Waals surface area contributed by atoms with Gasteiger partial charge in [0.15, 0.2) is 11.5 Å². The molecular weight excluding hydrogens is 264 g/mol. The summed E-state index contributed by atoms with van der Waals surface area (Å²) in [5.74, 6) is 1.93. The number of hydrogen-bond acceptors (Lipinski definition) is 4. The summed E-state index contributed by atoms with van der Waals surface area (Å²) in [4.78, 5) is 4.27. The van der Waals surface area contributed by atoms with Crippen LogP contribution in [-0.2, 0) is 0 Å². The van der Waals surface area contributed by atoms with E-state index in [0.717, 1.165) is 18.5 Å². The van der Waals surface area contributed by atoms with E-state index < -0.39 is 0 Å². The number of para-hydroxylation sites is 2. The first-order chi connectivity index (χ1) is 10.2. The highest BCUT2D eigenvalue weighted by Gasteiger charge is 2.09. The third kappa shape index (κ3) is 4.20. The largest absolute Gasteiger partial charge is 0.493 e. The van der Waals surface area contributed by atoms with Gasteiger partial charge in [0.1, 0.15) is 0 Å². The van der Waals surface area contributed by atoms with Gasteiger partial charge in [-0.15, -0.1) is 0 Å². The summed E-state index contributed by atoms with van der Waals surface area (Å²) in [6, 6.07) is 11.8. The highest BCUT2D eigenvalue weighted by molar-refractivity contribution is 5.41. The molecule has 2 rings (SSSR count). The van der Waals surface area contributed by atoms with E-state index in [9.17, 15) is 0 Å². The van der Waals surface area contributed by atoms with Gasteiger partial charge in [-0.1, -0.05) is 19.1 Å². The molecule has 1 N–H and O–H groups in total. The van der Waals surface area contributed by atoms with Crippen LogP contribution in [0.5, 0.6) is 17.4 Å². The second-order valence-corrected chi connectivity index (χ2v) is 4.86. The molecule has 1 aromatic carbocycles. The number of nitrogens with zero attached hydrogens (tertiary/aromatic N) is 1. The van der Waals surface area contributed by atoms with Gasteiger partial charge in [-0.25, -0.2) is 4.98 Å². The monoisotopic (exact) mass is 286 g/mol. The predicted octanol–water partition coefficient (Wildman–Crippen LogP) is 3.94. The maximum Gasteiger partial charge on any atom is 0.219 e. The van der Waals surface area contributed by atoms with Crippen molar-refractivity contribution in [1.82, 2.24) is 10.3 Å². The summed E-state index contributed by atoms with van der Waals surface area (Å²) < 4.78 is 11.1. The van der Waals surface area contributed by atoms with E-state index in [1.165, 1.54) is 0 Å². The van der Waals surface area contributed by atoms with Crippen molar-refractivity contribution in [3.05, 3.63) is 48.2 Å². The average molecular weight is 286 g/mol. The lowest BCUT2D eigenvalue weighted by atomic mass is 10.1. The number of rotatable bonds is 7. The summed E-state index contributed by atoms with van der Waals surface area (Å²) >= 11 is 0. The fourth-order valence-corrected chi connectivity index (χ4v) is 2.04. The second kappa shape index (κ2) is 7.64. The van der Waals surface area contributed by atoms with Gasteiger partial charge in [-0.05, 0) is 43.7 Å². The smallest absolute Gasteiger partial charge is 0.219 e. The van der Waals surface area contributed by atoms with E-state index >= 15 is 0 Å². The van der Waals surface area contributed by atoms with Crippen LogP contribution in [-0.4, -0.2) is 18.6 Å². The lowest BCUT2D eigenvalue weighted by Crippen LogP contribution is -2.19. The lowest BCUT2D eigenvalue weighted by Gasteiger charge is -2.15. The summed E-state index contributed by atoms with van der Waals surface area (Å²) in [5, 5.41) is 3.45. The van der Waals surface area contributed by atoms with Crippen molar-refractivity contribution < 1.29 is 9.47 Å². The van der Waals surface area contributed by atoms with Crippen LogP contribution in [0.2, 0.25) is 0 Å². The van der Waals surface area contributed by atoms with E-state index in [1.807, 2.05) is 36.4 Å². The highest BCUT2D eigenvalue weighted by atomic mass is 16.5. The Morgan fingerprint density at radius 1 is 1.19 bits per heavy atom. The van der Waals surface area contributed by atoms with E-state index in [2.05, 4.69) is 24.1 Å². The molecule has 0 fully saturated rings. The van der Waals surface area contributed by atoms with Crippen LogP contribution >= 0.6 is 0 Å². The molecule has 0 spiro atoms. The molecule has 2 aromatic rings. The minimum Gasteiger partial charge on any atom is -0.493 e. The number of pyridine rings is 1. The zero-order valence-corrected chi connectivity index (χ0v) is 12.8. The van der Waals surface area contributed by atoms with Gasteiger partial charge in [0.05, 0.1) is 7.11 Å². The molecule has 0 saturated heterocycles. The van der Waals surface area contributed by atoms with Crippen molar-refractivity contribution in [2.45, 2.75) is 26.3 Å². The van der Waals surface area contributed by atoms with Gasteiger partial charge >= 0.3 is 0 Å². The van der Waals surface area contributed by atoms with Crippen LogP contribution in [0.3, 0.4) is 0 Å². The Bertz CT molecular complexity index is 572. The lowest BCUT2D eigenvalue weighted by molar-refractivity contribution is 0.374. The second-order valence-electron chi connectivity index (χ2n) is 4.86. The Balaban J connectivity index is 2.14. The Morgan fingerprint density at radius 3 is 2.67 bits per heavy atom. The van der Waals surface area contributed by atoms with Crippen LogP contribution < -0.4 is 14.8 Å². The first-order valence-corrected chi connectivity index (χ1v) is 7.24. The molecular formula is C17H22N2O2. The minimum absolute atomic E-state index is 0.271. The number of benzene rings is 1. The maximum absolute atomic E-state index is 5.83. The standard InChI is InChI=1S/C17H22N2O2/c1-4-10-18-13(2)14-9-11-19-17(12-14)21-16-8-6-5-7-15(16)20-3/h5-9,11-13,18H,4,10H2,1-3H3. The first-order valence-electron chi connectivity index (χ1n) is 7.24. The van der Waals surface area contributed by atoms with Crippen molar-refractivity contribution in [3.8, 4) is 17.4 Å². The molecule has 0 aliphatic heterocycles. The molecule has 112 valence electrons. The summed E-state index contributed by atoms with van der Waals surface area (Å²) in [5.41, 5.74) is 1.16. The van der Waals surface area contributed by atoms with Gasteiger partial charge in [0, 0.05) is 18.3 Å². The Hall–Kier alpha value is -2.07. The molecule has 1 atom stereocenters. The Morgan fingerprint density at radius 2 is 1.95 bits per heavy atom. The third-order valence-corrected chi connectivity index (χ3v) is 3.24. The molecule has 0 amide bonds. The molecule has 0 aliphatic rings. The Labute approximate surface area is 126 Å². The molecule has 0 aliphatic carbocycles. The van der Waals surface area contributed by atoms with E-state index in [-0.39, 0.29) is 6.04 Å². The average Bonchev–Trinajstić information content (AvgIpc) is 2.53. The zero-order valence-electron chi connectivity index (χ0n) is 12.8. The molecule has 0 saturated carbocycles. The van der Waals surface area contributed by atoms with Crippen molar-refractivity contribution in [2.75, 3.05) is 13.7 Å². The fraction of sp³-hybridized carbons (Fsp3) is 0.353. The SMILES string of the molecule is CCCNC(C)c1ccnc(Oc2ccccc2OC)c1. The van der Waals surface area contributed by atoms with Crippen LogP contribution in [0.15, 0.2) is 42.6 Å². The van der Waals surface area contributed by atoms with E-state index in [4.69, 9.17) is 9.47 Å². The molecule has 1 heterocycles. The quantitative estimate of drug-likeness (QED) is 0.837.